The zero-order valence-corrected chi connectivity index (χ0v) is 10.2. The third-order valence-corrected chi connectivity index (χ3v) is 2.42. The minimum Gasteiger partial charge on any atom is -0.398 e. The maximum atomic E-state index is 11.1. The van der Waals surface area contributed by atoms with Gasteiger partial charge in [0, 0.05) is 25.0 Å². The molecular formula is C12H19N3O2. The van der Waals surface area contributed by atoms with Crippen molar-refractivity contribution in [2.75, 3.05) is 31.3 Å². The molecule has 5 heteroatoms. The Labute approximate surface area is 101 Å². The number of primary amides is 1. The molecule has 0 radical (unpaired) electrons. The number of hydrogen-bond acceptors (Lipinski definition) is 4. The van der Waals surface area contributed by atoms with Crippen molar-refractivity contribution in [1.82, 2.24) is 0 Å². The number of amides is 1. The van der Waals surface area contributed by atoms with Gasteiger partial charge in [-0.2, -0.15) is 0 Å². The highest BCUT2D eigenvalue weighted by Crippen LogP contribution is 2.17. The number of nitrogens with two attached hydrogens (primary N) is 2. The Morgan fingerprint density at radius 1 is 1.53 bits per heavy atom. The number of hydrogen-bond donors (Lipinski definition) is 3. The molecule has 0 spiro atoms. The second-order valence-corrected chi connectivity index (χ2v) is 4.11. The number of methoxy groups -OCH3 is 1. The van der Waals surface area contributed by atoms with E-state index in [1.165, 1.54) is 0 Å². The molecule has 5 N–H and O–H groups in total. The summed E-state index contributed by atoms with van der Waals surface area (Å²) in [6.07, 6.45) is 0. The van der Waals surface area contributed by atoms with Crippen LogP contribution >= 0.6 is 0 Å². The molecule has 0 heterocycles. The Balaban J connectivity index is 2.66. The molecule has 0 fully saturated rings. The van der Waals surface area contributed by atoms with Crippen LogP contribution in [-0.4, -0.2) is 26.2 Å². The molecule has 1 unspecified atom stereocenters. The molecule has 5 nitrogen and oxygen atoms in total. The summed E-state index contributed by atoms with van der Waals surface area (Å²) < 4.78 is 5.04. The van der Waals surface area contributed by atoms with E-state index >= 15 is 0 Å². The summed E-state index contributed by atoms with van der Waals surface area (Å²) in [7, 11) is 1.67. The standard InChI is InChI=1S/C12H19N3O2/c1-8(7-17-2)6-15-9-3-4-11(13)10(5-9)12(14)16/h3-5,8,15H,6-7,13H2,1-2H3,(H2,14,16). The molecule has 0 aromatic heterocycles. The van der Waals surface area contributed by atoms with Gasteiger partial charge in [0.2, 0.25) is 0 Å². The van der Waals surface area contributed by atoms with Crippen LogP contribution in [-0.2, 0) is 4.74 Å². The van der Waals surface area contributed by atoms with Crippen LogP contribution < -0.4 is 16.8 Å². The van der Waals surface area contributed by atoms with Crippen LogP contribution in [0.3, 0.4) is 0 Å². The number of nitrogens with one attached hydrogen (secondary N) is 1. The molecule has 0 saturated heterocycles. The molecule has 1 atom stereocenters. The fourth-order valence-corrected chi connectivity index (χ4v) is 1.52. The molecule has 1 aromatic rings. The molecule has 0 saturated carbocycles. The van der Waals surface area contributed by atoms with Gasteiger partial charge in [0.05, 0.1) is 12.2 Å². The summed E-state index contributed by atoms with van der Waals surface area (Å²) in [4.78, 5) is 11.1. The van der Waals surface area contributed by atoms with E-state index in [0.29, 0.717) is 23.8 Å². The number of anilines is 2. The van der Waals surface area contributed by atoms with Crippen molar-refractivity contribution in [3.63, 3.8) is 0 Å². The number of carbonyl (C=O) groups excluding carboxylic acids is 1. The predicted octanol–water partition coefficient (Wildman–Crippen LogP) is 1.06. The molecule has 17 heavy (non-hydrogen) atoms. The Morgan fingerprint density at radius 3 is 2.82 bits per heavy atom. The number of nitrogen functional groups attached to an aromatic ring is 1. The normalized spacial score (nSPS) is 12.1. The van der Waals surface area contributed by atoms with E-state index in [-0.39, 0.29) is 0 Å². The van der Waals surface area contributed by atoms with Crippen molar-refractivity contribution in [3.8, 4) is 0 Å². The van der Waals surface area contributed by atoms with Gasteiger partial charge in [-0.05, 0) is 24.1 Å². The summed E-state index contributed by atoms with van der Waals surface area (Å²) in [5.41, 5.74) is 12.4. The zero-order valence-electron chi connectivity index (χ0n) is 10.2. The van der Waals surface area contributed by atoms with Gasteiger partial charge in [-0.1, -0.05) is 6.92 Å². The molecule has 1 rings (SSSR count). The molecule has 0 aliphatic carbocycles. The lowest BCUT2D eigenvalue weighted by Gasteiger charge is -2.13. The molecular weight excluding hydrogens is 218 g/mol. The first-order chi connectivity index (χ1) is 8.04. The van der Waals surface area contributed by atoms with Gasteiger partial charge < -0.3 is 21.5 Å². The summed E-state index contributed by atoms with van der Waals surface area (Å²) >= 11 is 0. The van der Waals surface area contributed by atoms with E-state index in [4.69, 9.17) is 16.2 Å². The largest absolute Gasteiger partial charge is 0.398 e. The molecule has 1 aromatic carbocycles. The van der Waals surface area contributed by atoms with E-state index in [2.05, 4.69) is 12.2 Å². The van der Waals surface area contributed by atoms with E-state index in [0.717, 1.165) is 12.2 Å². The van der Waals surface area contributed by atoms with Crippen molar-refractivity contribution in [2.45, 2.75) is 6.92 Å². The van der Waals surface area contributed by atoms with Crippen LogP contribution in [0.25, 0.3) is 0 Å². The fourth-order valence-electron chi connectivity index (χ4n) is 1.52. The predicted molar refractivity (Wildman–Crippen MR) is 68.9 cm³/mol. The van der Waals surface area contributed by atoms with Gasteiger partial charge in [-0.15, -0.1) is 0 Å². The minimum absolute atomic E-state index is 0.342. The van der Waals surface area contributed by atoms with Crippen LogP contribution in [0.4, 0.5) is 11.4 Å². The van der Waals surface area contributed by atoms with E-state index in [1.807, 2.05) is 6.07 Å². The monoisotopic (exact) mass is 237 g/mol. The quantitative estimate of drug-likeness (QED) is 0.645. The third-order valence-electron chi connectivity index (χ3n) is 2.42. The number of rotatable bonds is 6. The smallest absolute Gasteiger partial charge is 0.250 e. The Kier molecular flexibility index (Phi) is 4.78. The second kappa shape index (κ2) is 6.10. The number of ether oxygens (including phenoxy) is 1. The summed E-state index contributed by atoms with van der Waals surface area (Å²) in [5, 5.41) is 3.21. The topological polar surface area (TPSA) is 90.4 Å². The molecule has 94 valence electrons. The summed E-state index contributed by atoms with van der Waals surface area (Å²) in [6, 6.07) is 5.15. The SMILES string of the molecule is COCC(C)CNc1ccc(N)c(C(N)=O)c1. The Hall–Kier alpha value is -1.75. The Morgan fingerprint density at radius 2 is 2.24 bits per heavy atom. The first kappa shape index (κ1) is 13.3. The van der Waals surface area contributed by atoms with E-state index in [9.17, 15) is 4.79 Å². The molecule has 0 bridgehead atoms. The van der Waals surface area contributed by atoms with Crippen LogP contribution in [0.2, 0.25) is 0 Å². The maximum Gasteiger partial charge on any atom is 0.250 e. The molecule has 0 aliphatic heterocycles. The number of benzene rings is 1. The van der Waals surface area contributed by atoms with E-state index in [1.54, 1.807) is 19.2 Å². The highest BCUT2D eigenvalue weighted by molar-refractivity contribution is 5.98. The minimum atomic E-state index is -0.518. The van der Waals surface area contributed by atoms with Crippen LogP contribution in [0, 0.1) is 5.92 Å². The highest BCUT2D eigenvalue weighted by atomic mass is 16.5. The average molecular weight is 237 g/mol. The van der Waals surface area contributed by atoms with Crippen molar-refractivity contribution in [2.24, 2.45) is 11.7 Å². The lowest BCUT2D eigenvalue weighted by molar-refractivity contribution is 0.100. The average Bonchev–Trinajstić information content (AvgIpc) is 2.28. The molecule has 1 amide bonds. The highest BCUT2D eigenvalue weighted by Gasteiger charge is 2.07. The van der Waals surface area contributed by atoms with Gasteiger partial charge >= 0.3 is 0 Å². The first-order valence-electron chi connectivity index (χ1n) is 5.46. The maximum absolute atomic E-state index is 11.1. The van der Waals surface area contributed by atoms with Crippen molar-refractivity contribution >= 4 is 17.3 Å². The van der Waals surface area contributed by atoms with Gasteiger partial charge in [0.1, 0.15) is 0 Å². The fraction of sp³-hybridized carbons (Fsp3) is 0.417. The summed E-state index contributed by atoms with van der Waals surface area (Å²) in [6.45, 7) is 3.52. The number of carbonyl (C=O) groups is 1. The van der Waals surface area contributed by atoms with E-state index < -0.39 is 5.91 Å². The zero-order chi connectivity index (χ0) is 12.8. The second-order valence-electron chi connectivity index (χ2n) is 4.11. The lowest BCUT2D eigenvalue weighted by Crippen LogP contribution is -2.17. The molecule has 0 aliphatic rings. The lowest BCUT2D eigenvalue weighted by atomic mass is 10.1. The van der Waals surface area contributed by atoms with Crippen LogP contribution in [0.15, 0.2) is 18.2 Å². The Bertz CT molecular complexity index is 393. The van der Waals surface area contributed by atoms with Gasteiger partial charge in [-0.25, -0.2) is 0 Å². The van der Waals surface area contributed by atoms with Crippen molar-refractivity contribution in [1.29, 1.82) is 0 Å². The van der Waals surface area contributed by atoms with Crippen LogP contribution in [0.1, 0.15) is 17.3 Å². The van der Waals surface area contributed by atoms with Gasteiger partial charge in [-0.3, -0.25) is 4.79 Å². The van der Waals surface area contributed by atoms with Gasteiger partial charge in [0.25, 0.3) is 5.91 Å². The summed E-state index contributed by atoms with van der Waals surface area (Å²) in [5.74, 6) is -0.134. The van der Waals surface area contributed by atoms with Crippen molar-refractivity contribution < 1.29 is 9.53 Å². The van der Waals surface area contributed by atoms with Gasteiger partial charge in [0.15, 0.2) is 0 Å². The third kappa shape index (κ3) is 3.96. The first-order valence-corrected chi connectivity index (χ1v) is 5.46. The van der Waals surface area contributed by atoms with Crippen molar-refractivity contribution in [3.05, 3.63) is 23.8 Å². The van der Waals surface area contributed by atoms with Crippen LogP contribution in [0.5, 0.6) is 0 Å².